The van der Waals surface area contributed by atoms with E-state index in [4.69, 9.17) is 4.74 Å². The minimum atomic E-state index is -0.339. The molecule has 1 atom stereocenters. The number of fused-ring (bicyclic) bond motifs is 1. The lowest BCUT2D eigenvalue weighted by Crippen LogP contribution is -2.32. The highest BCUT2D eigenvalue weighted by Gasteiger charge is 2.13. The van der Waals surface area contributed by atoms with Crippen molar-refractivity contribution < 1.29 is 9.53 Å². The summed E-state index contributed by atoms with van der Waals surface area (Å²) in [7, 11) is 0. The molecule has 0 aliphatic rings. The van der Waals surface area contributed by atoms with Gasteiger partial charge in [-0.2, -0.15) is 5.26 Å². The summed E-state index contributed by atoms with van der Waals surface area (Å²) in [4.78, 5) is 12.3. The van der Waals surface area contributed by atoms with Gasteiger partial charge in [-0.05, 0) is 42.9 Å². The van der Waals surface area contributed by atoms with Gasteiger partial charge in [0.25, 0.3) is 5.91 Å². The largest absolute Gasteiger partial charge is 0.493 e. The molecule has 0 heterocycles. The van der Waals surface area contributed by atoms with E-state index in [0.717, 1.165) is 41.3 Å². The van der Waals surface area contributed by atoms with Crippen LogP contribution >= 0.6 is 0 Å². The van der Waals surface area contributed by atoms with E-state index in [9.17, 15) is 10.1 Å². The first-order chi connectivity index (χ1) is 12.6. The minimum Gasteiger partial charge on any atom is -0.493 e. The van der Waals surface area contributed by atoms with Crippen LogP contribution in [-0.2, 0) is 4.79 Å². The van der Waals surface area contributed by atoms with E-state index in [2.05, 4.69) is 12.2 Å². The van der Waals surface area contributed by atoms with Crippen molar-refractivity contribution in [3.05, 3.63) is 47.5 Å². The fraction of sp³-hybridized carbons (Fsp3) is 0.364. The molecule has 0 aliphatic carbocycles. The fourth-order valence-electron chi connectivity index (χ4n) is 2.58. The molecule has 0 aromatic heterocycles. The van der Waals surface area contributed by atoms with Crippen LogP contribution in [0.4, 0.5) is 0 Å². The molecule has 0 radical (unpaired) electrons. The maximum Gasteiger partial charge on any atom is 0.262 e. The second-order valence-corrected chi connectivity index (χ2v) is 6.35. The summed E-state index contributed by atoms with van der Waals surface area (Å²) in [5.74, 6) is 0.489. The molecule has 0 saturated carbocycles. The van der Waals surface area contributed by atoms with E-state index in [1.165, 1.54) is 0 Å². The molecule has 0 unspecified atom stereocenters. The second-order valence-electron chi connectivity index (χ2n) is 6.35. The standard InChI is InChI=1S/C22H26N2O2/c1-4-6-13-26-21-12-11-17(19-9-7-8-10-20(19)21)14-18(15-23)22(25)24-16(3)5-2/h7-12,14,16H,4-6,13H2,1-3H3,(H,24,25)/b18-14+/t16-/m1/s1. The van der Waals surface area contributed by atoms with Crippen LogP contribution in [0.3, 0.4) is 0 Å². The number of nitriles is 1. The summed E-state index contributed by atoms with van der Waals surface area (Å²) < 4.78 is 5.90. The molecule has 0 saturated heterocycles. The van der Waals surface area contributed by atoms with E-state index >= 15 is 0 Å². The summed E-state index contributed by atoms with van der Waals surface area (Å²) in [5.41, 5.74) is 0.939. The van der Waals surface area contributed by atoms with Gasteiger partial charge in [0.2, 0.25) is 0 Å². The third-order valence-electron chi connectivity index (χ3n) is 4.33. The van der Waals surface area contributed by atoms with Crippen molar-refractivity contribution in [2.45, 2.75) is 46.1 Å². The van der Waals surface area contributed by atoms with Crippen LogP contribution in [0.1, 0.15) is 45.6 Å². The highest BCUT2D eigenvalue weighted by molar-refractivity contribution is 6.04. The van der Waals surface area contributed by atoms with Crippen molar-refractivity contribution in [2.24, 2.45) is 0 Å². The van der Waals surface area contributed by atoms with Gasteiger partial charge < -0.3 is 10.1 Å². The average Bonchev–Trinajstić information content (AvgIpc) is 2.67. The number of unbranched alkanes of at least 4 members (excludes halogenated alkanes) is 1. The Hall–Kier alpha value is -2.80. The number of hydrogen-bond acceptors (Lipinski definition) is 3. The van der Waals surface area contributed by atoms with Gasteiger partial charge >= 0.3 is 0 Å². The highest BCUT2D eigenvalue weighted by atomic mass is 16.5. The number of amides is 1. The molecule has 1 amide bonds. The van der Waals surface area contributed by atoms with Crippen LogP contribution in [0.25, 0.3) is 16.8 Å². The molecule has 0 spiro atoms. The Balaban J connectivity index is 2.39. The topological polar surface area (TPSA) is 62.1 Å². The van der Waals surface area contributed by atoms with Gasteiger partial charge in [-0.1, -0.05) is 50.6 Å². The quantitative estimate of drug-likeness (QED) is 0.421. The van der Waals surface area contributed by atoms with Crippen LogP contribution in [0.15, 0.2) is 42.0 Å². The lowest BCUT2D eigenvalue weighted by Gasteiger charge is -2.12. The summed E-state index contributed by atoms with van der Waals surface area (Å²) in [6, 6.07) is 13.7. The zero-order valence-electron chi connectivity index (χ0n) is 15.7. The normalized spacial score (nSPS) is 12.5. The number of nitrogens with zero attached hydrogens (tertiary/aromatic N) is 1. The zero-order valence-corrected chi connectivity index (χ0v) is 15.7. The highest BCUT2D eigenvalue weighted by Crippen LogP contribution is 2.30. The van der Waals surface area contributed by atoms with Crippen molar-refractivity contribution >= 4 is 22.8 Å². The van der Waals surface area contributed by atoms with Gasteiger partial charge in [-0.3, -0.25) is 4.79 Å². The maximum atomic E-state index is 12.3. The Labute approximate surface area is 155 Å². The summed E-state index contributed by atoms with van der Waals surface area (Å²) in [5, 5.41) is 14.2. The maximum absolute atomic E-state index is 12.3. The SMILES string of the molecule is CCCCOc1ccc(/C=C(\C#N)C(=O)N[C@H](C)CC)c2ccccc12. The number of rotatable bonds is 8. The molecule has 4 nitrogen and oxygen atoms in total. The summed E-state index contributed by atoms with van der Waals surface area (Å²) in [6.45, 7) is 6.72. The molecule has 26 heavy (non-hydrogen) atoms. The molecule has 2 aromatic carbocycles. The molecule has 0 aliphatic heterocycles. The Bertz CT molecular complexity index is 834. The van der Waals surface area contributed by atoms with Crippen molar-refractivity contribution in [1.29, 1.82) is 5.26 Å². The first kappa shape index (κ1) is 19.5. The number of carbonyl (C=O) groups is 1. The number of ether oxygens (including phenoxy) is 1. The molecule has 0 bridgehead atoms. The molecular formula is C22H26N2O2. The second kappa shape index (κ2) is 9.62. The summed E-state index contributed by atoms with van der Waals surface area (Å²) >= 11 is 0. The van der Waals surface area contributed by atoms with Crippen LogP contribution in [0.2, 0.25) is 0 Å². The molecule has 4 heteroatoms. The molecular weight excluding hydrogens is 324 g/mol. The van der Waals surface area contributed by atoms with Gasteiger partial charge in [0.15, 0.2) is 0 Å². The fourth-order valence-corrected chi connectivity index (χ4v) is 2.58. The monoisotopic (exact) mass is 350 g/mol. The van der Waals surface area contributed by atoms with Gasteiger partial charge in [-0.25, -0.2) is 0 Å². The van der Waals surface area contributed by atoms with Gasteiger partial charge in [-0.15, -0.1) is 0 Å². The minimum absolute atomic E-state index is 0.0327. The third kappa shape index (κ3) is 4.86. The number of nitrogens with one attached hydrogen (secondary N) is 1. The Morgan fingerprint density at radius 2 is 1.96 bits per heavy atom. The lowest BCUT2D eigenvalue weighted by molar-refractivity contribution is -0.117. The smallest absolute Gasteiger partial charge is 0.262 e. The first-order valence-electron chi connectivity index (χ1n) is 9.17. The van der Waals surface area contributed by atoms with E-state index in [-0.39, 0.29) is 17.5 Å². The number of carbonyl (C=O) groups excluding carboxylic acids is 1. The van der Waals surface area contributed by atoms with Crippen LogP contribution in [-0.4, -0.2) is 18.6 Å². The van der Waals surface area contributed by atoms with E-state index in [0.29, 0.717) is 6.61 Å². The van der Waals surface area contributed by atoms with Crippen molar-refractivity contribution in [1.82, 2.24) is 5.32 Å². The van der Waals surface area contributed by atoms with Crippen molar-refractivity contribution in [3.63, 3.8) is 0 Å². The average molecular weight is 350 g/mol. The van der Waals surface area contributed by atoms with Crippen molar-refractivity contribution in [2.75, 3.05) is 6.61 Å². The van der Waals surface area contributed by atoms with Gasteiger partial charge in [0.05, 0.1) is 6.61 Å². The van der Waals surface area contributed by atoms with E-state index < -0.39 is 0 Å². The van der Waals surface area contributed by atoms with Crippen LogP contribution in [0.5, 0.6) is 5.75 Å². The van der Waals surface area contributed by atoms with Crippen LogP contribution < -0.4 is 10.1 Å². The van der Waals surface area contributed by atoms with Crippen LogP contribution in [0, 0.1) is 11.3 Å². The van der Waals surface area contributed by atoms with Gasteiger partial charge in [0, 0.05) is 11.4 Å². The molecule has 2 aromatic rings. The summed E-state index contributed by atoms with van der Waals surface area (Å²) in [6.07, 6.45) is 4.55. The third-order valence-corrected chi connectivity index (χ3v) is 4.33. The van der Waals surface area contributed by atoms with Crippen molar-refractivity contribution in [3.8, 4) is 11.8 Å². The van der Waals surface area contributed by atoms with E-state index in [1.54, 1.807) is 6.08 Å². The lowest BCUT2D eigenvalue weighted by atomic mass is 10.0. The predicted molar refractivity (Wildman–Crippen MR) is 106 cm³/mol. The zero-order chi connectivity index (χ0) is 18.9. The Morgan fingerprint density at radius 1 is 1.23 bits per heavy atom. The van der Waals surface area contributed by atoms with Gasteiger partial charge in [0.1, 0.15) is 17.4 Å². The Kier molecular flexibility index (Phi) is 7.23. The Morgan fingerprint density at radius 3 is 2.62 bits per heavy atom. The first-order valence-corrected chi connectivity index (χ1v) is 9.17. The molecule has 2 rings (SSSR count). The number of benzene rings is 2. The molecule has 1 N–H and O–H groups in total. The molecule has 136 valence electrons. The van der Waals surface area contributed by atoms with E-state index in [1.807, 2.05) is 56.3 Å². The number of hydrogen-bond donors (Lipinski definition) is 1. The molecule has 0 fully saturated rings. The predicted octanol–water partition coefficient (Wildman–Crippen LogP) is 4.84.